The van der Waals surface area contributed by atoms with Crippen molar-refractivity contribution in [2.75, 3.05) is 11.9 Å². The molecular formula is C14H11Cl3N2O3S. The Hall–Kier alpha value is -1.31. The second-order valence-electron chi connectivity index (χ2n) is 4.40. The summed E-state index contributed by atoms with van der Waals surface area (Å²) in [7, 11) is -3.91. The van der Waals surface area contributed by atoms with E-state index in [-0.39, 0.29) is 25.7 Å². The molecule has 0 heterocycles. The molecule has 0 aliphatic heterocycles. The topological polar surface area (TPSA) is 75.3 Å². The SMILES string of the molecule is O=C(CNS(=O)(=O)c1ccccc1Cl)Nc1c(Cl)cccc1Cl. The molecule has 0 saturated carbocycles. The van der Waals surface area contributed by atoms with Gasteiger partial charge in [0.15, 0.2) is 0 Å². The van der Waals surface area contributed by atoms with Gasteiger partial charge < -0.3 is 5.32 Å². The first kappa shape index (κ1) is 18.0. The molecule has 0 aromatic heterocycles. The molecule has 122 valence electrons. The molecule has 2 aromatic rings. The zero-order valence-electron chi connectivity index (χ0n) is 11.5. The molecule has 0 radical (unpaired) electrons. The number of sulfonamides is 1. The van der Waals surface area contributed by atoms with Crippen molar-refractivity contribution in [3.8, 4) is 0 Å². The Morgan fingerprint density at radius 1 is 0.913 bits per heavy atom. The summed E-state index contributed by atoms with van der Waals surface area (Å²) in [5.74, 6) is -0.615. The van der Waals surface area contributed by atoms with Crippen LogP contribution in [-0.2, 0) is 14.8 Å². The highest BCUT2D eigenvalue weighted by molar-refractivity contribution is 7.89. The molecule has 1 amide bonds. The lowest BCUT2D eigenvalue weighted by Crippen LogP contribution is -2.33. The van der Waals surface area contributed by atoms with Crippen LogP contribution in [0.2, 0.25) is 15.1 Å². The van der Waals surface area contributed by atoms with Gasteiger partial charge in [0.2, 0.25) is 15.9 Å². The predicted octanol–water partition coefficient (Wildman–Crippen LogP) is 3.56. The number of hydrogen-bond acceptors (Lipinski definition) is 3. The molecule has 0 bridgehead atoms. The van der Waals surface area contributed by atoms with Gasteiger partial charge in [-0.25, -0.2) is 13.1 Å². The zero-order valence-corrected chi connectivity index (χ0v) is 14.6. The number of rotatable bonds is 5. The van der Waals surface area contributed by atoms with E-state index in [4.69, 9.17) is 34.8 Å². The van der Waals surface area contributed by atoms with Crippen LogP contribution in [0.3, 0.4) is 0 Å². The summed E-state index contributed by atoms with van der Waals surface area (Å²) >= 11 is 17.7. The van der Waals surface area contributed by atoms with Crippen LogP contribution < -0.4 is 10.0 Å². The van der Waals surface area contributed by atoms with E-state index in [1.807, 2.05) is 0 Å². The number of halogens is 3. The van der Waals surface area contributed by atoms with E-state index >= 15 is 0 Å². The third kappa shape index (κ3) is 4.59. The van der Waals surface area contributed by atoms with E-state index in [1.54, 1.807) is 24.3 Å². The van der Waals surface area contributed by atoms with Crippen molar-refractivity contribution < 1.29 is 13.2 Å². The lowest BCUT2D eigenvalue weighted by Gasteiger charge is -2.10. The smallest absolute Gasteiger partial charge is 0.242 e. The number of carbonyl (C=O) groups excluding carboxylic acids is 1. The van der Waals surface area contributed by atoms with Gasteiger partial charge in [-0.1, -0.05) is 53.0 Å². The van der Waals surface area contributed by atoms with Crippen LogP contribution >= 0.6 is 34.8 Å². The standard InChI is InChI=1S/C14H11Cl3N2O3S/c15-9-4-1-2-7-12(9)23(21,22)18-8-13(20)19-14-10(16)5-3-6-11(14)17/h1-7,18H,8H2,(H,19,20). The number of para-hydroxylation sites is 1. The maximum absolute atomic E-state index is 12.1. The fraction of sp³-hybridized carbons (Fsp3) is 0.0714. The third-order valence-corrected chi connectivity index (χ3v) is 5.31. The largest absolute Gasteiger partial charge is 0.322 e. The molecule has 0 fully saturated rings. The van der Waals surface area contributed by atoms with Crippen molar-refractivity contribution in [1.82, 2.24) is 4.72 Å². The number of benzene rings is 2. The molecule has 5 nitrogen and oxygen atoms in total. The fourth-order valence-electron chi connectivity index (χ4n) is 1.70. The van der Waals surface area contributed by atoms with Crippen LogP contribution in [0.15, 0.2) is 47.4 Å². The summed E-state index contributed by atoms with van der Waals surface area (Å²) in [5.41, 5.74) is 0.220. The number of amides is 1. The van der Waals surface area contributed by atoms with E-state index in [2.05, 4.69) is 10.0 Å². The maximum Gasteiger partial charge on any atom is 0.242 e. The summed E-state index contributed by atoms with van der Waals surface area (Å²) in [6.07, 6.45) is 0. The third-order valence-electron chi connectivity index (χ3n) is 2.78. The minimum Gasteiger partial charge on any atom is -0.322 e. The molecule has 9 heteroatoms. The summed E-state index contributed by atoms with van der Waals surface area (Å²) in [5, 5.41) is 3.02. The van der Waals surface area contributed by atoms with Crippen LogP contribution in [-0.4, -0.2) is 20.9 Å². The van der Waals surface area contributed by atoms with E-state index in [0.29, 0.717) is 0 Å². The Balaban J connectivity index is 2.06. The Kier molecular flexibility index (Phi) is 5.89. The van der Waals surface area contributed by atoms with Crippen LogP contribution in [0, 0.1) is 0 Å². The van der Waals surface area contributed by atoms with Gasteiger partial charge in [0.05, 0.1) is 27.3 Å². The molecule has 0 unspecified atom stereocenters. The summed E-state index contributed by atoms with van der Waals surface area (Å²) in [4.78, 5) is 11.8. The van der Waals surface area contributed by atoms with Gasteiger partial charge in [0.25, 0.3) is 0 Å². The van der Waals surface area contributed by atoms with Gasteiger partial charge in [-0.05, 0) is 24.3 Å². The lowest BCUT2D eigenvalue weighted by molar-refractivity contribution is -0.115. The lowest BCUT2D eigenvalue weighted by atomic mass is 10.3. The highest BCUT2D eigenvalue weighted by atomic mass is 35.5. The summed E-state index contributed by atoms with van der Waals surface area (Å²) in [6, 6.07) is 10.7. The van der Waals surface area contributed by atoms with Crippen LogP contribution in [0.5, 0.6) is 0 Å². The molecule has 0 aliphatic carbocycles. The van der Waals surface area contributed by atoms with Gasteiger partial charge in [0.1, 0.15) is 4.90 Å². The van der Waals surface area contributed by atoms with Gasteiger partial charge in [-0.2, -0.15) is 0 Å². The average molecular weight is 394 g/mol. The van der Waals surface area contributed by atoms with Crippen molar-refractivity contribution in [2.45, 2.75) is 4.90 Å². The monoisotopic (exact) mass is 392 g/mol. The number of carbonyl (C=O) groups is 1. The summed E-state index contributed by atoms with van der Waals surface area (Å²) in [6.45, 7) is -0.491. The molecule has 2 N–H and O–H groups in total. The molecule has 0 saturated heterocycles. The normalized spacial score (nSPS) is 11.3. The first-order valence-electron chi connectivity index (χ1n) is 6.29. The highest BCUT2D eigenvalue weighted by Crippen LogP contribution is 2.29. The van der Waals surface area contributed by atoms with Gasteiger partial charge >= 0.3 is 0 Å². The molecule has 0 atom stereocenters. The Bertz CT molecular complexity index is 821. The minimum atomic E-state index is -3.91. The van der Waals surface area contributed by atoms with E-state index < -0.39 is 22.5 Å². The van der Waals surface area contributed by atoms with Crippen molar-refractivity contribution in [2.24, 2.45) is 0 Å². The molecule has 0 aliphatic rings. The van der Waals surface area contributed by atoms with Crippen molar-refractivity contribution >= 4 is 56.4 Å². The molecule has 23 heavy (non-hydrogen) atoms. The Labute approximate surface area is 148 Å². The Morgan fingerprint density at radius 2 is 1.48 bits per heavy atom. The minimum absolute atomic E-state index is 0.0644. The molecular weight excluding hydrogens is 383 g/mol. The van der Waals surface area contributed by atoms with Crippen molar-refractivity contribution in [1.29, 1.82) is 0 Å². The van der Waals surface area contributed by atoms with Crippen LogP contribution in [0.25, 0.3) is 0 Å². The highest BCUT2D eigenvalue weighted by Gasteiger charge is 2.19. The fourth-order valence-corrected chi connectivity index (χ4v) is 3.69. The quantitative estimate of drug-likeness (QED) is 0.815. The van der Waals surface area contributed by atoms with E-state index in [9.17, 15) is 13.2 Å². The summed E-state index contributed by atoms with van der Waals surface area (Å²) < 4.78 is 26.4. The Morgan fingerprint density at radius 3 is 2.09 bits per heavy atom. The van der Waals surface area contributed by atoms with Gasteiger partial charge in [-0.3, -0.25) is 4.79 Å². The van der Waals surface area contributed by atoms with Crippen molar-refractivity contribution in [3.05, 3.63) is 57.5 Å². The first-order chi connectivity index (χ1) is 10.8. The van der Waals surface area contributed by atoms with Crippen molar-refractivity contribution in [3.63, 3.8) is 0 Å². The molecule has 2 aromatic carbocycles. The van der Waals surface area contributed by atoms with Gasteiger partial charge in [0, 0.05) is 0 Å². The number of nitrogens with one attached hydrogen (secondary N) is 2. The second-order valence-corrected chi connectivity index (χ2v) is 7.36. The van der Waals surface area contributed by atoms with Gasteiger partial charge in [-0.15, -0.1) is 0 Å². The predicted molar refractivity (Wildman–Crippen MR) is 91.7 cm³/mol. The average Bonchev–Trinajstić information content (AvgIpc) is 2.49. The van der Waals surface area contributed by atoms with Crippen LogP contribution in [0.1, 0.15) is 0 Å². The first-order valence-corrected chi connectivity index (χ1v) is 8.91. The zero-order chi connectivity index (χ0) is 17.0. The van der Waals surface area contributed by atoms with Crippen LogP contribution in [0.4, 0.5) is 5.69 Å². The molecule has 2 rings (SSSR count). The molecule has 0 spiro atoms. The maximum atomic E-state index is 12.1. The number of hydrogen-bond donors (Lipinski definition) is 2. The van der Waals surface area contributed by atoms with E-state index in [1.165, 1.54) is 18.2 Å². The second kappa shape index (κ2) is 7.51. The van der Waals surface area contributed by atoms with E-state index in [0.717, 1.165) is 0 Å². The number of anilines is 1.